The van der Waals surface area contributed by atoms with Crippen LogP contribution in [0.15, 0.2) is 16.9 Å². The maximum absolute atomic E-state index is 8.77. The van der Waals surface area contributed by atoms with Crippen LogP contribution in [0.3, 0.4) is 0 Å². The van der Waals surface area contributed by atoms with Crippen molar-refractivity contribution in [2.24, 2.45) is 0 Å². The van der Waals surface area contributed by atoms with E-state index in [2.05, 4.69) is 20.6 Å². The number of nitrogens with zero attached hydrogens (tertiary/aromatic N) is 4. The van der Waals surface area contributed by atoms with Gasteiger partial charge in [-0.05, 0) is 6.92 Å². The van der Waals surface area contributed by atoms with Crippen molar-refractivity contribution in [1.82, 2.24) is 25.2 Å². The zero-order chi connectivity index (χ0) is 12.8. The topological polar surface area (TPSA) is 89.0 Å². The summed E-state index contributed by atoms with van der Waals surface area (Å²) in [5.74, 6) is 1.31. The summed E-state index contributed by atoms with van der Waals surface area (Å²) in [7, 11) is 0. The smallest absolute Gasteiger partial charge is 0.227 e. The van der Waals surface area contributed by atoms with Crippen LogP contribution in [-0.4, -0.2) is 38.2 Å². The van der Waals surface area contributed by atoms with Crippen molar-refractivity contribution in [2.45, 2.75) is 26.4 Å². The van der Waals surface area contributed by atoms with E-state index in [1.165, 1.54) is 0 Å². The van der Waals surface area contributed by atoms with Gasteiger partial charge in [-0.1, -0.05) is 5.16 Å². The van der Waals surface area contributed by atoms with Gasteiger partial charge in [0.15, 0.2) is 5.82 Å². The summed E-state index contributed by atoms with van der Waals surface area (Å²) < 4.78 is 6.73. The fourth-order valence-electron chi connectivity index (χ4n) is 1.59. The predicted octanol–water partition coefficient (Wildman–Crippen LogP) is -0.101. The van der Waals surface area contributed by atoms with Gasteiger partial charge in [0.1, 0.15) is 0 Å². The average molecular weight is 251 g/mol. The third kappa shape index (κ3) is 3.64. The second-order valence-corrected chi connectivity index (χ2v) is 4.00. The van der Waals surface area contributed by atoms with E-state index >= 15 is 0 Å². The van der Waals surface area contributed by atoms with Gasteiger partial charge < -0.3 is 14.9 Å². The predicted molar refractivity (Wildman–Crippen MR) is 63.8 cm³/mol. The van der Waals surface area contributed by atoms with Crippen LogP contribution in [0.25, 0.3) is 0 Å². The van der Waals surface area contributed by atoms with Crippen LogP contribution in [0.2, 0.25) is 0 Å². The Bertz CT molecular complexity index is 479. The lowest BCUT2D eigenvalue weighted by Gasteiger charge is -1.99. The van der Waals surface area contributed by atoms with Crippen molar-refractivity contribution in [3.8, 4) is 0 Å². The van der Waals surface area contributed by atoms with Gasteiger partial charge in [0.05, 0.1) is 19.3 Å². The number of aryl methyl sites for hydroxylation is 1. The molecule has 0 aliphatic carbocycles. The first-order chi connectivity index (χ1) is 8.78. The van der Waals surface area contributed by atoms with E-state index in [4.69, 9.17) is 9.63 Å². The molecule has 0 fully saturated rings. The number of hydrogen-bond acceptors (Lipinski definition) is 6. The average Bonchev–Trinajstić information content (AvgIpc) is 2.95. The van der Waals surface area contributed by atoms with Crippen LogP contribution < -0.4 is 5.32 Å². The van der Waals surface area contributed by atoms with E-state index in [1.54, 1.807) is 17.8 Å². The van der Waals surface area contributed by atoms with Crippen molar-refractivity contribution >= 4 is 0 Å². The summed E-state index contributed by atoms with van der Waals surface area (Å²) in [4.78, 5) is 4.12. The molecule has 0 aromatic carbocycles. The molecule has 7 heteroatoms. The highest BCUT2D eigenvalue weighted by Gasteiger charge is 2.02. The molecule has 2 aromatic rings. The molecule has 2 rings (SSSR count). The minimum atomic E-state index is 0.102. The Morgan fingerprint density at radius 1 is 1.50 bits per heavy atom. The Labute approximate surface area is 105 Å². The summed E-state index contributed by atoms with van der Waals surface area (Å²) in [5, 5.41) is 19.9. The Kier molecular flexibility index (Phi) is 4.43. The van der Waals surface area contributed by atoms with Crippen molar-refractivity contribution in [1.29, 1.82) is 0 Å². The summed E-state index contributed by atoms with van der Waals surface area (Å²) in [5.41, 5.74) is 1.09. The zero-order valence-electron chi connectivity index (χ0n) is 10.3. The number of aliphatic hydroxyl groups is 1. The van der Waals surface area contributed by atoms with Crippen LogP contribution in [0.5, 0.6) is 0 Å². The lowest BCUT2D eigenvalue weighted by atomic mass is 10.3. The van der Waals surface area contributed by atoms with Gasteiger partial charge in [-0.25, -0.2) is 0 Å². The maximum atomic E-state index is 8.77. The molecule has 18 heavy (non-hydrogen) atoms. The van der Waals surface area contributed by atoms with E-state index in [0.29, 0.717) is 24.7 Å². The van der Waals surface area contributed by atoms with E-state index in [-0.39, 0.29) is 6.61 Å². The molecule has 0 atom stereocenters. The Hall–Kier alpha value is -1.73. The zero-order valence-corrected chi connectivity index (χ0v) is 10.3. The van der Waals surface area contributed by atoms with Crippen molar-refractivity contribution in [3.05, 3.63) is 29.7 Å². The molecular formula is C11H17N5O2. The Morgan fingerprint density at radius 2 is 2.39 bits per heavy atom. The van der Waals surface area contributed by atoms with Crippen LogP contribution in [0.4, 0.5) is 0 Å². The van der Waals surface area contributed by atoms with Crippen LogP contribution in [0.1, 0.15) is 17.3 Å². The van der Waals surface area contributed by atoms with Gasteiger partial charge in [0.2, 0.25) is 5.89 Å². The molecule has 2 N–H and O–H groups in total. The molecule has 2 aromatic heterocycles. The second kappa shape index (κ2) is 6.27. The normalized spacial score (nSPS) is 11.0. The van der Waals surface area contributed by atoms with E-state index in [1.807, 2.05) is 6.20 Å². The molecule has 0 saturated carbocycles. The van der Waals surface area contributed by atoms with E-state index < -0.39 is 0 Å². The lowest BCUT2D eigenvalue weighted by molar-refractivity contribution is 0.269. The van der Waals surface area contributed by atoms with E-state index in [9.17, 15) is 0 Å². The molecule has 98 valence electrons. The van der Waals surface area contributed by atoms with Gasteiger partial charge in [-0.15, -0.1) is 0 Å². The summed E-state index contributed by atoms with van der Waals surface area (Å²) in [6.45, 7) is 3.94. The fraction of sp³-hybridized carbons (Fsp3) is 0.545. The number of rotatable bonds is 7. The van der Waals surface area contributed by atoms with Crippen LogP contribution >= 0.6 is 0 Å². The third-order valence-corrected chi connectivity index (χ3v) is 2.43. The largest absolute Gasteiger partial charge is 0.394 e. The molecule has 7 nitrogen and oxygen atoms in total. The number of aliphatic hydroxyl groups excluding tert-OH is 1. The molecule has 0 radical (unpaired) electrons. The number of nitrogens with one attached hydrogen (secondary N) is 1. The maximum Gasteiger partial charge on any atom is 0.227 e. The first-order valence-electron chi connectivity index (χ1n) is 5.90. The minimum absolute atomic E-state index is 0.102. The fourth-order valence-corrected chi connectivity index (χ4v) is 1.59. The molecule has 0 spiro atoms. The van der Waals surface area contributed by atoms with Gasteiger partial charge in [0.25, 0.3) is 0 Å². The molecule has 0 amide bonds. The van der Waals surface area contributed by atoms with Gasteiger partial charge >= 0.3 is 0 Å². The summed E-state index contributed by atoms with van der Waals surface area (Å²) in [6.07, 6.45) is 4.42. The molecule has 2 heterocycles. The summed E-state index contributed by atoms with van der Waals surface area (Å²) >= 11 is 0. The molecule has 0 bridgehead atoms. The molecule has 0 aliphatic rings. The molecule has 0 unspecified atom stereocenters. The van der Waals surface area contributed by atoms with Gasteiger partial charge in [0, 0.05) is 31.3 Å². The highest BCUT2D eigenvalue weighted by atomic mass is 16.5. The van der Waals surface area contributed by atoms with Crippen molar-refractivity contribution < 1.29 is 9.63 Å². The Balaban J connectivity index is 1.68. The number of aromatic nitrogens is 4. The standard InChI is InChI=1S/C11H17N5O2/c1-9-14-11(18-15-9)2-3-12-6-10-7-13-16(8-10)4-5-17/h7-8,12,17H,2-6H2,1H3. The molecule has 0 saturated heterocycles. The highest BCUT2D eigenvalue weighted by molar-refractivity contribution is 5.03. The second-order valence-electron chi connectivity index (χ2n) is 4.00. The Morgan fingerprint density at radius 3 is 3.11 bits per heavy atom. The highest BCUT2D eigenvalue weighted by Crippen LogP contribution is 1.98. The molecular weight excluding hydrogens is 234 g/mol. The van der Waals surface area contributed by atoms with Crippen molar-refractivity contribution in [3.63, 3.8) is 0 Å². The SMILES string of the molecule is Cc1noc(CCNCc2cnn(CCO)c2)n1. The van der Waals surface area contributed by atoms with Gasteiger partial charge in [-0.2, -0.15) is 10.1 Å². The summed E-state index contributed by atoms with van der Waals surface area (Å²) in [6, 6.07) is 0. The van der Waals surface area contributed by atoms with Crippen LogP contribution in [0, 0.1) is 6.92 Å². The first kappa shape index (κ1) is 12.7. The number of hydrogen-bond donors (Lipinski definition) is 2. The minimum Gasteiger partial charge on any atom is -0.394 e. The van der Waals surface area contributed by atoms with Crippen molar-refractivity contribution in [2.75, 3.05) is 13.2 Å². The monoisotopic (exact) mass is 251 g/mol. The van der Waals surface area contributed by atoms with Crippen LogP contribution in [-0.2, 0) is 19.5 Å². The lowest BCUT2D eigenvalue weighted by Crippen LogP contribution is -2.16. The third-order valence-electron chi connectivity index (χ3n) is 2.43. The molecule has 0 aliphatic heterocycles. The quantitative estimate of drug-likeness (QED) is 0.668. The van der Waals surface area contributed by atoms with E-state index in [0.717, 1.165) is 18.7 Å². The van der Waals surface area contributed by atoms with Gasteiger partial charge in [-0.3, -0.25) is 4.68 Å². The first-order valence-corrected chi connectivity index (χ1v) is 5.90.